The molecule has 0 heterocycles. The molecule has 0 radical (unpaired) electrons. The lowest BCUT2D eigenvalue weighted by atomic mass is 9.75. The third-order valence-electron chi connectivity index (χ3n) is 5.69. The average Bonchev–Trinajstić information content (AvgIpc) is 2.64. The smallest absolute Gasteiger partial charge is 0.122 e. The third kappa shape index (κ3) is 5.06. The summed E-state index contributed by atoms with van der Waals surface area (Å²) in [4.78, 5) is 0. The Morgan fingerprint density at radius 3 is 1.44 bits per heavy atom. The molecule has 0 amide bonds. The highest BCUT2D eigenvalue weighted by Gasteiger charge is 2.30. The number of para-hydroxylation sites is 2. The number of unbranched alkanes of at least 4 members (excludes halogenated alkanes) is 4. The van der Waals surface area contributed by atoms with E-state index < -0.39 is 5.41 Å². The molecule has 2 aromatic carbocycles. The third-order valence-corrected chi connectivity index (χ3v) is 5.69. The van der Waals surface area contributed by atoms with Crippen molar-refractivity contribution in [2.24, 2.45) is 0 Å². The van der Waals surface area contributed by atoms with E-state index in [9.17, 15) is 10.2 Å². The summed E-state index contributed by atoms with van der Waals surface area (Å²) in [5.74, 6) is 0.767. The van der Waals surface area contributed by atoms with Gasteiger partial charge in [0.1, 0.15) is 11.5 Å². The zero-order valence-corrected chi connectivity index (χ0v) is 17.5. The standard InChI is InChI=1S/C25H36O2/c1-5-7-9-13-19-15-11-17-21(23(19)26)25(3,4)22-18-12-16-20(24(22)27)14-10-8-6-2/h11-12,15-18,26-27H,5-10,13-14H2,1-4H3. The van der Waals surface area contributed by atoms with Gasteiger partial charge in [-0.15, -0.1) is 0 Å². The Morgan fingerprint density at radius 2 is 1.07 bits per heavy atom. The van der Waals surface area contributed by atoms with Crippen LogP contribution < -0.4 is 0 Å². The summed E-state index contributed by atoms with van der Waals surface area (Å²) in [6.07, 6.45) is 8.66. The predicted octanol–water partition coefficient (Wildman–Crippen LogP) is 6.89. The predicted molar refractivity (Wildman–Crippen MR) is 115 cm³/mol. The average molecular weight is 369 g/mol. The van der Waals surface area contributed by atoms with Gasteiger partial charge in [-0.1, -0.05) is 89.8 Å². The molecular formula is C25H36O2. The summed E-state index contributed by atoms with van der Waals surface area (Å²) in [7, 11) is 0. The summed E-state index contributed by atoms with van der Waals surface area (Å²) in [6, 6.07) is 12.1. The molecule has 0 aliphatic carbocycles. The number of hydrogen-bond acceptors (Lipinski definition) is 2. The van der Waals surface area contributed by atoms with E-state index >= 15 is 0 Å². The molecule has 2 nitrogen and oxygen atoms in total. The number of rotatable bonds is 10. The largest absolute Gasteiger partial charge is 0.507 e. The van der Waals surface area contributed by atoms with Crippen LogP contribution in [0.5, 0.6) is 11.5 Å². The van der Waals surface area contributed by atoms with E-state index in [0.29, 0.717) is 11.5 Å². The Kier molecular flexibility index (Phi) is 7.77. The van der Waals surface area contributed by atoms with Crippen molar-refractivity contribution in [3.8, 4) is 11.5 Å². The Labute approximate surface area is 165 Å². The van der Waals surface area contributed by atoms with Crippen molar-refractivity contribution in [1.82, 2.24) is 0 Å². The first-order valence-electron chi connectivity index (χ1n) is 10.6. The van der Waals surface area contributed by atoms with Crippen LogP contribution in [0, 0.1) is 0 Å². The van der Waals surface area contributed by atoms with Crippen LogP contribution in [0.4, 0.5) is 0 Å². The summed E-state index contributed by atoms with van der Waals surface area (Å²) < 4.78 is 0. The van der Waals surface area contributed by atoms with Crippen molar-refractivity contribution >= 4 is 0 Å². The van der Waals surface area contributed by atoms with Crippen LogP contribution in [0.15, 0.2) is 36.4 Å². The second kappa shape index (κ2) is 9.82. The molecule has 0 bridgehead atoms. The van der Waals surface area contributed by atoms with Crippen molar-refractivity contribution in [3.05, 3.63) is 58.7 Å². The van der Waals surface area contributed by atoms with Crippen molar-refractivity contribution in [1.29, 1.82) is 0 Å². The van der Waals surface area contributed by atoms with E-state index in [0.717, 1.165) is 47.9 Å². The summed E-state index contributed by atoms with van der Waals surface area (Å²) >= 11 is 0. The molecule has 148 valence electrons. The maximum absolute atomic E-state index is 10.9. The van der Waals surface area contributed by atoms with Gasteiger partial charge in [0.2, 0.25) is 0 Å². The Bertz CT molecular complexity index is 670. The van der Waals surface area contributed by atoms with Gasteiger partial charge in [-0.05, 0) is 36.8 Å². The van der Waals surface area contributed by atoms with E-state index in [1.165, 1.54) is 25.7 Å². The van der Waals surface area contributed by atoms with Gasteiger partial charge in [0, 0.05) is 16.5 Å². The number of phenolic OH excluding ortho intramolecular Hbond substituents is 2. The van der Waals surface area contributed by atoms with Crippen molar-refractivity contribution in [2.75, 3.05) is 0 Å². The van der Waals surface area contributed by atoms with Crippen LogP contribution in [0.1, 0.15) is 88.5 Å². The molecule has 0 saturated heterocycles. The number of aromatic hydroxyl groups is 2. The van der Waals surface area contributed by atoms with Crippen LogP contribution in [0.3, 0.4) is 0 Å². The Balaban J connectivity index is 2.35. The first kappa shape index (κ1) is 21.3. The van der Waals surface area contributed by atoms with Crippen LogP contribution >= 0.6 is 0 Å². The van der Waals surface area contributed by atoms with Crippen LogP contribution in [0.2, 0.25) is 0 Å². The van der Waals surface area contributed by atoms with Gasteiger partial charge in [0.15, 0.2) is 0 Å². The van der Waals surface area contributed by atoms with Gasteiger partial charge in [-0.2, -0.15) is 0 Å². The molecule has 0 unspecified atom stereocenters. The number of aryl methyl sites for hydroxylation is 2. The molecule has 0 saturated carbocycles. The maximum atomic E-state index is 10.9. The van der Waals surface area contributed by atoms with Gasteiger partial charge in [-0.3, -0.25) is 0 Å². The van der Waals surface area contributed by atoms with E-state index in [-0.39, 0.29) is 0 Å². The normalized spacial score (nSPS) is 11.7. The maximum Gasteiger partial charge on any atom is 0.122 e. The quantitative estimate of drug-likeness (QED) is 0.448. The number of benzene rings is 2. The monoisotopic (exact) mass is 368 g/mol. The molecule has 2 rings (SSSR count). The van der Waals surface area contributed by atoms with Gasteiger partial charge >= 0.3 is 0 Å². The minimum absolute atomic E-state index is 0.384. The zero-order chi connectivity index (χ0) is 19.9. The number of phenols is 2. The molecule has 0 fully saturated rings. The fourth-order valence-corrected chi connectivity index (χ4v) is 3.87. The summed E-state index contributed by atoms with van der Waals surface area (Å²) in [5.41, 5.74) is 3.32. The first-order valence-corrected chi connectivity index (χ1v) is 10.6. The van der Waals surface area contributed by atoms with Crippen molar-refractivity contribution in [3.63, 3.8) is 0 Å². The number of hydrogen-bond donors (Lipinski definition) is 2. The molecular weight excluding hydrogens is 332 g/mol. The van der Waals surface area contributed by atoms with Gasteiger partial charge in [0.25, 0.3) is 0 Å². The summed E-state index contributed by atoms with van der Waals surface area (Å²) in [6.45, 7) is 8.55. The highest BCUT2D eigenvalue weighted by molar-refractivity contribution is 5.54. The lowest BCUT2D eigenvalue weighted by molar-refractivity contribution is 0.427. The highest BCUT2D eigenvalue weighted by atomic mass is 16.3. The topological polar surface area (TPSA) is 40.5 Å². The van der Waals surface area contributed by atoms with E-state index in [1.807, 2.05) is 36.4 Å². The molecule has 0 aliphatic heterocycles. The lowest BCUT2D eigenvalue weighted by Gasteiger charge is -2.29. The van der Waals surface area contributed by atoms with E-state index in [4.69, 9.17) is 0 Å². The van der Waals surface area contributed by atoms with Crippen LogP contribution in [-0.4, -0.2) is 10.2 Å². The molecule has 27 heavy (non-hydrogen) atoms. The van der Waals surface area contributed by atoms with Gasteiger partial charge in [-0.25, -0.2) is 0 Å². The van der Waals surface area contributed by atoms with Crippen LogP contribution in [0.25, 0.3) is 0 Å². The Hall–Kier alpha value is -1.96. The molecule has 2 N–H and O–H groups in total. The minimum Gasteiger partial charge on any atom is -0.507 e. The van der Waals surface area contributed by atoms with Gasteiger partial charge in [0.05, 0.1) is 0 Å². The fraction of sp³-hybridized carbons (Fsp3) is 0.520. The highest BCUT2D eigenvalue weighted by Crippen LogP contribution is 2.43. The second-order valence-corrected chi connectivity index (χ2v) is 8.17. The molecule has 0 aliphatic rings. The lowest BCUT2D eigenvalue weighted by Crippen LogP contribution is -2.20. The zero-order valence-electron chi connectivity index (χ0n) is 17.5. The van der Waals surface area contributed by atoms with E-state index in [2.05, 4.69) is 27.7 Å². The molecule has 0 atom stereocenters. The van der Waals surface area contributed by atoms with Crippen molar-refractivity contribution < 1.29 is 10.2 Å². The SMILES string of the molecule is CCCCCc1cccc(C(C)(C)c2cccc(CCCCC)c2O)c1O. The van der Waals surface area contributed by atoms with Crippen LogP contribution in [-0.2, 0) is 18.3 Å². The molecule has 0 aromatic heterocycles. The van der Waals surface area contributed by atoms with E-state index in [1.54, 1.807) is 0 Å². The molecule has 2 heteroatoms. The van der Waals surface area contributed by atoms with Crippen molar-refractivity contribution in [2.45, 2.75) is 84.5 Å². The molecule has 2 aromatic rings. The fourth-order valence-electron chi connectivity index (χ4n) is 3.87. The van der Waals surface area contributed by atoms with Gasteiger partial charge < -0.3 is 10.2 Å². The summed E-state index contributed by atoms with van der Waals surface area (Å²) in [5, 5.41) is 21.9. The molecule has 0 spiro atoms. The Morgan fingerprint density at radius 1 is 0.667 bits per heavy atom. The first-order chi connectivity index (χ1) is 12.9. The second-order valence-electron chi connectivity index (χ2n) is 8.17. The minimum atomic E-state index is -0.463.